The molecule has 3 N–H and O–H groups in total. The van der Waals surface area contributed by atoms with Gasteiger partial charge in [0.15, 0.2) is 0 Å². The van der Waals surface area contributed by atoms with Gasteiger partial charge in [-0.3, -0.25) is 0 Å². The minimum Gasteiger partial charge on any atom is -0.330 e. The zero-order chi connectivity index (χ0) is 9.61. The smallest absolute Gasteiger partial charge is 0.00147 e. The van der Waals surface area contributed by atoms with Gasteiger partial charge in [0.05, 0.1) is 0 Å². The fourth-order valence-electron chi connectivity index (χ4n) is 0.873. The predicted octanol–water partition coefficient (Wildman–Crippen LogP) is 1.61. The van der Waals surface area contributed by atoms with Crippen LogP contribution in [0.5, 0.6) is 0 Å². The first-order chi connectivity index (χ1) is 5.52. The number of hydrogen-bond donors (Lipinski definition) is 2. The predicted molar refractivity (Wildman–Crippen MR) is 55.2 cm³/mol. The largest absolute Gasteiger partial charge is 0.330 e. The Hall–Kier alpha value is -0.0800. The normalized spacial score (nSPS) is 14.8. The van der Waals surface area contributed by atoms with E-state index in [2.05, 4.69) is 33.0 Å². The second-order valence-corrected chi connectivity index (χ2v) is 4.51. The number of nitrogens with two attached hydrogens (primary N) is 1. The molecular formula is C10H24N2. The molecule has 0 aromatic heterocycles. The van der Waals surface area contributed by atoms with E-state index in [1.807, 2.05) is 0 Å². The van der Waals surface area contributed by atoms with Gasteiger partial charge >= 0.3 is 0 Å². The molecule has 0 heterocycles. The van der Waals surface area contributed by atoms with Crippen molar-refractivity contribution in [3.63, 3.8) is 0 Å². The molecule has 0 rings (SSSR count). The van der Waals surface area contributed by atoms with Crippen LogP contribution < -0.4 is 11.1 Å². The van der Waals surface area contributed by atoms with E-state index >= 15 is 0 Å². The van der Waals surface area contributed by atoms with Crippen molar-refractivity contribution in [1.29, 1.82) is 0 Å². The molecule has 0 spiro atoms. The van der Waals surface area contributed by atoms with Gasteiger partial charge in [0, 0.05) is 6.54 Å². The van der Waals surface area contributed by atoms with Gasteiger partial charge in [-0.25, -0.2) is 0 Å². The molecule has 2 nitrogen and oxygen atoms in total. The first-order valence-corrected chi connectivity index (χ1v) is 4.92. The Labute approximate surface area is 76.9 Å². The molecule has 0 bridgehead atoms. The van der Waals surface area contributed by atoms with Gasteiger partial charge in [-0.2, -0.15) is 0 Å². The molecule has 0 amide bonds. The van der Waals surface area contributed by atoms with E-state index in [1.165, 1.54) is 6.42 Å². The minimum atomic E-state index is 0.244. The molecule has 0 aromatic carbocycles. The maximum absolute atomic E-state index is 5.62. The highest BCUT2D eigenvalue weighted by molar-refractivity contribution is 4.72. The van der Waals surface area contributed by atoms with E-state index in [4.69, 9.17) is 5.73 Å². The van der Waals surface area contributed by atoms with Crippen LogP contribution in [0.15, 0.2) is 0 Å². The van der Waals surface area contributed by atoms with Gasteiger partial charge in [-0.1, -0.05) is 34.1 Å². The van der Waals surface area contributed by atoms with Crippen molar-refractivity contribution < 1.29 is 0 Å². The average molecular weight is 172 g/mol. The van der Waals surface area contributed by atoms with Gasteiger partial charge in [0.2, 0.25) is 0 Å². The van der Waals surface area contributed by atoms with Crippen molar-refractivity contribution in [2.45, 2.75) is 34.1 Å². The van der Waals surface area contributed by atoms with Gasteiger partial charge in [0.25, 0.3) is 0 Å². The monoisotopic (exact) mass is 172 g/mol. The summed E-state index contributed by atoms with van der Waals surface area (Å²) in [5, 5.41) is 3.45. The van der Waals surface area contributed by atoms with Crippen LogP contribution in [0.3, 0.4) is 0 Å². The van der Waals surface area contributed by atoms with Crippen molar-refractivity contribution in [3.05, 3.63) is 0 Å². The summed E-state index contributed by atoms with van der Waals surface area (Å²) in [6, 6.07) is 0. The highest BCUT2D eigenvalue weighted by Crippen LogP contribution is 2.10. The molecule has 12 heavy (non-hydrogen) atoms. The average Bonchev–Trinajstić information content (AvgIpc) is 2.04. The van der Waals surface area contributed by atoms with E-state index in [0.717, 1.165) is 25.6 Å². The molecule has 0 radical (unpaired) electrons. The van der Waals surface area contributed by atoms with Crippen LogP contribution in [0, 0.1) is 11.3 Å². The first-order valence-electron chi connectivity index (χ1n) is 4.92. The standard InChI is InChI=1S/C10H24N2/c1-5-9(2)6-12-8-10(3,4)7-11/h9,12H,5-8,11H2,1-4H3. The van der Waals surface area contributed by atoms with Crippen LogP contribution in [0.4, 0.5) is 0 Å². The van der Waals surface area contributed by atoms with Gasteiger partial charge in [-0.15, -0.1) is 0 Å². The van der Waals surface area contributed by atoms with E-state index in [1.54, 1.807) is 0 Å². The topological polar surface area (TPSA) is 38.0 Å². The van der Waals surface area contributed by atoms with Crippen molar-refractivity contribution in [1.82, 2.24) is 5.32 Å². The summed E-state index contributed by atoms with van der Waals surface area (Å²) in [6.45, 7) is 11.8. The minimum absolute atomic E-state index is 0.244. The van der Waals surface area contributed by atoms with E-state index in [9.17, 15) is 0 Å². The third-order valence-corrected chi connectivity index (χ3v) is 2.35. The van der Waals surface area contributed by atoms with Crippen LogP contribution in [-0.4, -0.2) is 19.6 Å². The molecule has 0 saturated carbocycles. The summed E-state index contributed by atoms with van der Waals surface area (Å²) in [7, 11) is 0. The lowest BCUT2D eigenvalue weighted by Crippen LogP contribution is -2.37. The van der Waals surface area contributed by atoms with Crippen molar-refractivity contribution >= 4 is 0 Å². The van der Waals surface area contributed by atoms with Gasteiger partial charge in [-0.05, 0) is 24.4 Å². The molecule has 0 aliphatic heterocycles. The summed E-state index contributed by atoms with van der Waals surface area (Å²) in [5.41, 5.74) is 5.86. The summed E-state index contributed by atoms with van der Waals surface area (Å²) < 4.78 is 0. The van der Waals surface area contributed by atoms with Crippen LogP contribution >= 0.6 is 0 Å². The molecule has 0 aliphatic carbocycles. The lowest BCUT2D eigenvalue weighted by atomic mass is 9.93. The maximum Gasteiger partial charge on any atom is 0.00147 e. The summed E-state index contributed by atoms with van der Waals surface area (Å²) in [4.78, 5) is 0. The number of hydrogen-bond acceptors (Lipinski definition) is 2. The van der Waals surface area contributed by atoms with Crippen molar-refractivity contribution in [2.24, 2.45) is 17.1 Å². The van der Waals surface area contributed by atoms with E-state index in [-0.39, 0.29) is 5.41 Å². The molecule has 0 aromatic rings. The molecule has 1 unspecified atom stereocenters. The highest BCUT2D eigenvalue weighted by atomic mass is 14.9. The summed E-state index contributed by atoms with van der Waals surface area (Å²) >= 11 is 0. The molecule has 2 heteroatoms. The van der Waals surface area contributed by atoms with Crippen molar-refractivity contribution in [2.75, 3.05) is 19.6 Å². The third kappa shape index (κ3) is 5.56. The lowest BCUT2D eigenvalue weighted by Gasteiger charge is -2.23. The van der Waals surface area contributed by atoms with Crippen LogP contribution in [0.1, 0.15) is 34.1 Å². The first kappa shape index (κ1) is 11.9. The van der Waals surface area contributed by atoms with Gasteiger partial charge in [0.1, 0.15) is 0 Å². The second kappa shape index (κ2) is 5.55. The maximum atomic E-state index is 5.62. The van der Waals surface area contributed by atoms with E-state index in [0.29, 0.717) is 0 Å². The van der Waals surface area contributed by atoms with E-state index < -0.39 is 0 Å². The molecule has 0 aliphatic rings. The molecule has 0 saturated heterocycles. The Morgan fingerprint density at radius 1 is 1.42 bits per heavy atom. The Morgan fingerprint density at radius 2 is 2.00 bits per heavy atom. The molecule has 74 valence electrons. The fourth-order valence-corrected chi connectivity index (χ4v) is 0.873. The van der Waals surface area contributed by atoms with Crippen LogP contribution in [-0.2, 0) is 0 Å². The number of nitrogens with one attached hydrogen (secondary N) is 1. The molecular weight excluding hydrogens is 148 g/mol. The Kier molecular flexibility index (Phi) is 5.51. The zero-order valence-electron chi connectivity index (χ0n) is 8.98. The third-order valence-electron chi connectivity index (χ3n) is 2.35. The van der Waals surface area contributed by atoms with Gasteiger partial charge < -0.3 is 11.1 Å². The molecule has 1 atom stereocenters. The second-order valence-electron chi connectivity index (χ2n) is 4.51. The summed E-state index contributed by atoms with van der Waals surface area (Å²) in [6.07, 6.45) is 1.25. The fraction of sp³-hybridized carbons (Fsp3) is 1.00. The zero-order valence-corrected chi connectivity index (χ0v) is 8.98. The quantitative estimate of drug-likeness (QED) is 0.639. The SMILES string of the molecule is CCC(C)CNCC(C)(C)CN. The summed E-state index contributed by atoms with van der Waals surface area (Å²) in [5.74, 6) is 0.776. The number of rotatable bonds is 6. The van der Waals surface area contributed by atoms with Crippen LogP contribution in [0.2, 0.25) is 0 Å². The Bertz CT molecular complexity index is 110. The Balaban J connectivity index is 3.42. The molecule has 0 fully saturated rings. The highest BCUT2D eigenvalue weighted by Gasteiger charge is 2.14. The van der Waals surface area contributed by atoms with Crippen molar-refractivity contribution in [3.8, 4) is 0 Å². The van der Waals surface area contributed by atoms with Crippen LogP contribution in [0.25, 0.3) is 0 Å². The Morgan fingerprint density at radius 3 is 2.42 bits per heavy atom. The lowest BCUT2D eigenvalue weighted by molar-refractivity contribution is 0.338.